The first-order chi connectivity index (χ1) is 13.2. The van der Waals surface area contributed by atoms with Gasteiger partial charge in [-0.2, -0.15) is 0 Å². The molecule has 2 nitrogen and oxygen atoms in total. The van der Waals surface area contributed by atoms with E-state index in [0.717, 1.165) is 24.8 Å². The minimum absolute atomic E-state index is 0.246. The number of unbranched alkanes of at least 4 members (excludes halogenated alkanes) is 10. The summed E-state index contributed by atoms with van der Waals surface area (Å²) in [5.74, 6) is -0.902. The third-order valence-corrected chi connectivity index (χ3v) is 5.24. The Labute approximate surface area is 167 Å². The van der Waals surface area contributed by atoms with Gasteiger partial charge in [0.1, 0.15) is 0 Å². The van der Waals surface area contributed by atoms with E-state index in [0.29, 0.717) is 6.42 Å². The summed E-state index contributed by atoms with van der Waals surface area (Å²) in [7, 11) is 0. The minimum Gasteiger partial charge on any atom is -0.481 e. The molecule has 0 saturated carbocycles. The lowest BCUT2D eigenvalue weighted by Gasteiger charge is -2.12. The number of hydrogen-bond acceptors (Lipinski definition) is 1. The van der Waals surface area contributed by atoms with Crippen LogP contribution in [0.4, 0.5) is 0 Å². The van der Waals surface area contributed by atoms with Crippen molar-refractivity contribution in [2.75, 3.05) is 0 Å². The molecule has 1 N–H and O–H groups in total. The van der Waals surface area contributed by atoms with E-state index in [1.165, 1.54) is 64.2 Å². The molecule has 27 heavy (non-hydrogen) atoms. The molecule has 0 aliphatic heterocycles. The number of hydrogen-bond donors (Lipinski definition) is 1. The zero-order chi connectivity index (χ0) is 19.6. The Balaban J connectivity index is 1.99. The van der Waals surface area contributed by atoms with Crippen molar-refractivity contribution in [1.29, 1.82) is 0 Å². The highest BCUT2D eigenvalue weighted by atomic mass is 16.4. The molecule has 0 aliphatic carbocycles. The second-order valence-corrected chi connectivity index (χ2v) is 7.74. The molecule has 0 aromatic heterocycles. The van der Waals surface area contributed by atoms with Gasteiger partial charge in [0.15, 0.2) is 0 Å². The van der Waals surface area contributed by atoms with Gasteiger partial charge in [0.05, 0.1) is 5.92 Å². The number of aliphatic carboxylic acids is 1. The van der Waals surface area contributed by atoms with Gasteiger partial charge in [0, 0.05) is 0 Å². The van der Waals surface area contributed by atoms with Crippen LogP contribution in [0.15, 0.2) is 42.5 Å². The Morgan fingerprint density at radius 1 is 0.852 bits per heavy atom. The molecule has 152 valence electrons. The number of carboxylic acids is 1. The van der Waals surface area contributed by atoms with Gasteiger partial charge in [-0.1, -0.05) is 101 Å². The van der Waals surface area contributed by atoms with Gasteiger partial charge in [-0.25, -0.2) is 0 Å². The SMILES string of the molecule is CCCCCCCC/C=C\CCCCCCC(Cc1ccccc1)C(=O)O. The summed E-state index contributed by atoms with van der Waals surface area (Å²) in [5.41, 5.74) is 1.13. The Morgan fingerprint density at radius 2 is 1.41 bits per heavy atom. The van der Waals surface area contributed by atoms with Gasteiger partial charge in [0.2, 0.25) is 0 Å². The summed E-state index contributed by atoms with van der Waals surface area (Å²) < 4.78 is 0. The van der Waals surface area contributed by atoms with Crippen LogP contribution >= 0.6 is 0 Å². The van der Waals surface area contributed by atoms with Crippen molar-refractivity contribution >= 4 is 5.97 Å². The largest absolute Gasteiger partial charge is 0.481 e. The molecule has 2 heteroatoms. The molecule has 0 heterocycles. The molecule has 1 aromatic carbocycles. The van der Waals surface area contributed by atoms with Crippen molar-refractivity contribution in [2.45, 2.75) is 96.8 Å². The second-order valence-electron chi connectivity index (χ2n) is 7.74. The molecule has 1 aromatic rings. The van der Waals surface area contributed by atoms with E-state index in [2.05, 4.69) is 19.1 Å². The van der Waals surface area contributed by atoms with Crippen LogP contribution in [0.2, 0.25) is 0 Å². The summed E-state index contributed by atoms with van der Waals surface area (Å²) in [6.45, 7) is 2.26. The maximum atomic E-state index is 11.5. The first kappa shape index (κ1) is 23.5. The van der Waals surface area contributed by atoms with E-state index in [1.54, 1.807) is 0 Å². The van der Waals surface area contributed by atoms with Crippen LogP contribution in [0.5, 0.6) is 0 Å². The molecule has 0 aliphatic rings. The quantitative estimate of drug-likeness (QED) is 0.226. The van der Waals surface area contributed by atoms with Crippen LogP contribution in [0, 0.1) is 5.92 Å². The Bertz CT molecular complexity index is 492. The number of rotatable bonds is 17. The Kier molecular flexibility index (Phi) is 14.4. The normalized spacial score (nSPS) is 12.5. The third kappa shape index (κ3) is 13.3. The monoisotopic (exact) mass is 372 g/mol. The van der Waals surface area contributed by atoms with Gasteiger partial charge in [-0.3, -0.25) is 4.79 Å². The van der Waals surface area contributed by atoms with Gasteiger partial charge in [-0.15, -0.1) is 0 Å². The fraction of sp³-hybridized carbons (Fsp3) is 0.640. The average molecular weight is 373 g/mol. The van der Waals surface area contributed by atoms with E-state index >= 15 is 0 Å². The van der Waals surface area contributed by atoms with Crippen LogP contribution in [0.3, 0.4) is 0 Å². The van der Waals surface area contributed by atoms with Gasteiger partial charge in [0.25, 0.3) is 0 Å². The first-order valence-corrected chi connectivity index (χ1v) is 11.2. The van der Waals surface area contributed by atoms with E-state index in [9.17, 15) is 9.90 Å². The lowest BCUT2D eigenvalue weighted by Crippen LogP contribution is -2.16. The van der Waals surface area contributed by atoms with Gasteiger partial charge >= 0.3 is 5.97 Å². The van der Waals surface area contributed by atoms with Crippen molar-refractivity contribution in [3.63, 3.8) is 0 Å². The second kappa shape index (κ2) is 16.6. The summed E-state index contributed by atoms with van der Waals surface area (Å²) in [5, 5.41) is 9.43. The molecule has 0 amide bonds. The zero-order valence-corrected chi connectivity index (χ0v) is 17.4. The highest BCUT2D eigenvalue weighted by Crippen LogP contribution is 2.17. The van der Waals surface area contributed by atoms with Crippen molar-refractivity contribution in [3.05, 3.63) is 48.0 Å². The van der Waals surface area contributed by atoms with Crippen LogP contribution in [0.25, 0.3) is 0 Å². The third-order valence-electron chi connectivity index (χ3n) is 5.24. The van der Waals surface area contributed by atoms with Crippen LogP contribution in [-0.4, -0.2) is 11.1 Å². The smallest absolute Gasteiger partial charge is 0.306 e. The topological polar surface area (TPSA) is 37.3 Å². The average Bonchev–Trinajstić information content (AvgIpc) is 2.68. The van der Waals surface area contributed by atoms with Gasteiger partial charge in [-0.05, 0) is 44.1 Å². The summed E-state index contributed by atoms with van der Waals surface area (Å²) >= 11 is 0. The van der Waals surface area contributed by atoms with Crippen molar-refractivity contribution in [2.24, 2.45) is 5.92 Å². The number of carboxylic acid groups (broad SMARTS) is 1. The number of allylic oxidation sites excluding steroid dienone is 2. The molecule has 0 spiro atoms. The Morgan fingerprint density at radius 3 is 2.00 bits per heavy atom. The molecule has 0 radical (unpaired) electrons. The fourth-order valence-electron chi connectivity index (χ4n) is 3.50. The highest BCUT2D eigenvalue weighted by Gasteiger charge is 2.17. The number of benzene rings is 1. The Hall–Kier alpha value is -1.57. The van der Waals surface area contributed by atoms with E-state index in [1.807, 2.05) is 30.3 Å². The van der Waals surface area contributed by atoms with Gasteiger partial charge < -0.3 is 5.11 Å². The summed E-state index contributed by atoms with van der Waals surface area (Å²) in [4.78, 5) is 11.5. The van der Waals surface area contributed by atoms with Crippen LogP contribution < -0.4 is 0 Å². The molecule has 0 fully saturated rings. The zero-order valence-electron chi connectivity index (χ0n) is 17.4. The maximum Gasteiger partial charge on any atom is 0.306 e. The molecular formula is C25H40O2. The minimum atomic E-state index is -0.656. The lowest BCUT2D eigenvalue weighted by molar-refractivity contribution is -0.142. The van der Waals surface area contributed by atoms with Crippen LogP contribution in [-0.2, 0) is 11.2 Å². The van der Waals surface area contributed by atoms with Crippen molar-refractivity contribution in [1.82, 2.24) is 0 Å². The fourth-order valence-corrected chi connectivity index (χ4v) is 3.50. The predicted octanol–water partition coefficient (Wildman–Crippen LogP) is 7.58. The van der Waals surface area contributed by atoms with E-state index < -0.39 is 5.97 Å². The highest BCUT2D eigenvalue weighted by molar-refractivity contribution is 5.70. The molecule has 0 saturated heterocycles. The molecule has 1 unspecified atom stereocenters. The maximum absolute atomic E-state index is 11.5. The molecule has 0 bridgehead atoms. The summed E-state index contributed by atoms with van der Waals surface area (Å²) in [6, 6.07) is 9.98. The van der Waals surface area contributed by atoms with Crippen molar-refractivity contribution < 1.29 is 9.90 Å². The summed E-state index contributed by atoms with van der Waals surface area (Å²) in [6.07, 6.45) is 21.3. The molecular weight excluding hydrogens is 332 g/mol. The standard InChI is InChI=1S/C25H40O2/c1-2-3-4-5-6-7-8-9-10-11-12-13-14-18-21-24(25(26)27)22-23-19-16-15-17-20-23/h9-10,15-17,19-20,24H,2-8,11-14,18,21-22H2,1H3,(H,26,27)/b10-9-. The number of carbonyl (C=O) groups is 1. The van der Waals surface area contributed by atoms with E-state index in [-0.39, 0.29) is 5.92 Å². The van der Waals surface area contributed by atoms with E-state index in [4.69, 9.17) is 0 Å². The van der Waals surface area contributed by atoms with Crippen LogP contribution in [0.1, 0.15) is 96.0 Å². The predicted molar refractivity (Wildman–Crippen MR) is 116 cm³/mol. The lowest BCUT2D eigenvalue weighted by atomic mass is 9.93. The first-order valence-electron chi connectivity index (χ1n) is 11.2. The van der Waals surface area contributed by atoms with Crippen molar-refractivity contribution in [3.8, 4) is 0 Å². The molecule has 1 rings (SSSR count). The molecule has 1 atom stereocenters.